The van der Waals surface area contributed by atoms with Crippen molar-refractivity contribution in [3.8, 4) is 5.75 Å². The number of hydrogen-bond donors (Lipinski definition) is 2. The second-order valence-corrected chi connectivity index (χ2v) is 5.41. The van der Waals surface area contributed by atoms with Crippen molar-refractivity contribution >= 4 is 11.6 Å². The molecule has 0 heterocycles. The molecule has 0 saturated carbocycles. The van der Waals surface area contributed by atoms with Gasteiger partial charge in [-0.05, 0) is 43.9 Å². The van der Waals surface area contributed by atoms with E-state index in [2.05, 4.69) is 19.2 Å². The molecule has 1 rings (SSSR count). The Morgan fingerprint density at radius 3 is 2.65 bits per heavy atom. The van der Waals surface area contributed by atoms with Gasteiger partial charge in [-0.2, -0.15) is 0 Å². The van der Waals surface area contributed by atoms with E-state index in [1.54, 1.807) is 0 Å². The third kappa shape index (κ3) is 5.61. The third-order valence-corrected chi connectivity index (χ3v) is 3.07. The Bertz CT molecular complexity index is 419. The van der Waals surface area contributed by atoms with Gasteiger partial charge < -0.3 is 15.8 Å². The van der Waals surface area contributed by atoms with Gasteiger partial charge in [0.15, 0.2) is 0 Å². The second kappa shape index (κ2) is 8.59. The molecule has 1 unspecified atom stereocenters. The van der Waals surface area contributed by atoms with Crippen LogP contribution in [0.5, 0.6) is 5.75 Å². The maximum absolute atomic E-state index is 12.1. The number of hydrogen-bond acceptors (Lipinski definition) is 3. The number of anilines is 1. The number of amides is 1. The van der Waals surface area contributed by atoms with Crippen LogP contribution in [0.2, 0.25) is 0 Å². The van der Waals surface area contributed by atoms with Crippen molar-refractivity contribution in [3.63, 3.8) is 0 Å². The Morgan fingerprint density at radius 2 is 2.05 bits per heavy atom. The molecule has 4 heteroatoms. The standard InChI is InChI=1S/C16H26N2O2/c1-4-20-15-8-6-5-7-14(15)18-16(19)10-13(11-17)9-12(2)3/h5-8,12-13H,4,9-11,17H2,1-3H3,(H,18,19). The first-order chi connectivity index (χ1) is 9.56. The minimum absolute atomic E-state index is 0.00625. The zero-order chi connectivity index (χ0) is 15.0. The zero-order valence-electron chi connectivity index (χ0n) is 12.7. The fourth-order valence-electron chi connectivity index (χ4n) is 2.24. The SMILES string of the molecule is CCOc1ccccc1NC(=O)CC(CN)CC(C)C. The van der Waals surface area contributed by atoms with Crippen molar-refractivity contribution < 1.29 is 9.53 Å². The van der Waals surface area contributed by atoms with Crippen LogP contribution >= 0.6 is 0 Å². The van der Waals surface area contributed by atoms with Crippen molar-refractivity contribution in [1.82, 2.24) is 0 Å². The van der Waals surface area contributed by atoms with E-state index in [4.69, 9.17) is 10.5 Å². The van der Waals surface area contributed by atoms with E-state index in [-0.39, 0.29) is 11.8 Å². The van der Waals surface area contributed by atoms with Gasteiger partial charge in [-0.25, -0.2) is 0 Å². The van der Waals surface area contributed by atoms with E-state index in [9.17, 15) is 4.79 Å². The highest BCUT2D eigenvalue weighted by molar-refractivity contribution is 5.92. The van der Waals surface area contributed by atoms with Gasteiger partial charge in [0.2, 0.25) is 5.91 Å². The summed E-state index contributed by atoms with van der Waals surface area (Å²) in [5.41, 5.74) is 6.46. The van der Waals surface area contributed by atoms with Gasteiger partial charge in [0.25, 0.3) is 0 Å². The minimum atomic E-state index is -0.00625. The number of carbonyl (C=O) groups is 1. The smallest absolute Gasteiger partial charge is 0.224 e. The molecule has 0 bridgehead atoms. The molecule has 0 spiro atoms. The molecule has 1 atom stereocenters. The molecular weight excluding hydrogens is 252 g/mol. The zero-order valence-corrected chi connectivity index (χ0v) is 12.7. The Hall–Kier alpha value is -1.55. The van der Waals surface area contributed by atoms with E-state index in [1.165, 1.54) is 0 Å². The largest absolute Gasteiger partial charge is 0.492 e. The summed E-state index contributed by atoms with van der Waals surface area (Å²) in [4.78, 5) is 12.1. The van der Waals surface area contributed by atoms with E-state index in [1.807, 2.05) is 31.2 Å². The van der Waals surface area contributed by atoms with Crippen LogP contribution in [-0.2, 0) is 4.79 Å². The van der Waals surface area contributed by atoms with Crippen molar-refractivity contribution in [2.75, 3.05) is 18.5 Å². The van der Waals surface area contributed by atoms with Crippen LogP contribution in [0.3, 0.4) is 0 Å². The van der Waals surface area contributed by atoms with E-state index in [0.29, 0.717) is 31.2 Å². The summed E-state index contributed by atoms with van der Waals surface area (Å²) < 4.78 is 5.49. The molecule has 0 aliphatic carbocycles. The number of carbonyl (C=O) groups excluding carboxylic acids is 1. The number of nitrogens with one attached hydrogen (secondary N) is 1. The average Bonchev–Trinajstić information content (AvgIpc) is 2.40. The fraction of sp³-hybridized carbons (Fsp3) is 0.562. The highest BCUT2D eigenvalue weighted by Gasteiger charge is 2.15. The molecule has 1 amide bonds. The van der Waals surface area contributed by atoms with E-state index in [0.717, 1.165) is 12.1 Å². The molecule has 1 aromatic carbocycles. The van der Waals surface area contributed by atoms with Gasteiger partial charge in [0.1, 0.15) is 5.75 Å². The summed E-state index contributed by atoms with van der Waals surface area (Å²) in [7, 11) is 0. The van der Waals surface area contributed by atoms with E-state index >= 15 is 0 Å². The van der Waals surface area contributed by atoms with Gasteiger partial charge in [-0.15, -0.1) is 0 Å². The number of rotatable bonds is 8. The highest BCUT2D eigenvalue weighted by Crippen LogP contribution is 2.24. The average molecular weight is 278 g/mol. The van der Waals surface area contributed by atoms with Crippen LogP contribution in [0, 0.1) is 11.8 Å². The van der Waals surface area contributed by atoms with Crippen LogP contribution in [0.4, 0.5) is 5.69 Å². The lowest BCUT2D eigenvalue weighted by atomic mass is 9.94. The first-order valence-corrected chi connectivity index (χ1v) is 7.28. The molecule has 0 aromatic heterocycles. The van der Waals surface area contributed by atoms with Crippen LogP contribution < -0.4 is 15.8 Å². The lowest BCUT2D eigenvalue weighted by molar-refractivity contribution is -0.117. The summed E-state index contributed by atoms with van der Waals surface area (Å²) in [6.45, 7) is 7.33. The van der Waals surface area contributed by atoms with E-state index < -0.39 is 0 Å². The Kier molecular flexibility index (Phi) is 7.09. The number of para-hydroxylation sites is 2. The second-order valence-electron chi connectivity index (χ2n) is 5.41. The Labute approximate surface area is 121 Å². The van der Waals surface area contributed by atoms with Gasteiger partial charge >= 0.3 is 0 Å². The molecule has 112 valence electrons. The first-order valence-electron chi connectivity index (χ1n) is 7.28. The number of nitrogens with two attached hydrogens (primary N) is 1. The molecule has 0 saturated heterocycles. The molecule has 0 aliphatic rings. The minimum Gasteiger partial charge on any atom is -0.492 e. The van der Waals surface area contributed by atoms with Crippen molar-refractivity contribution in [2.45, 2.75) is 33.6 Å². The van der Waals surface area contributed by atoms with Crippen molar-refractivity contribution in [2.24, 2.45) is 17.6 Å². The lowest BCUT2D eigenvalue weighted by Gasteiger charge is -2.17. The van der Waals surface area contributed by atoms with Crippen molar-refractivity contribution in [3.05, 3.63) is 24.3 Å². The first kappa shape index (κ1) is 16.5. The van der Waals surface area contributed by atoms with Gasteiger partial charge in [0, 0.05) is 6.42 Å². The van der Waals surface area contributed by atoms with Crippen LogP contribution in [0.25, 0.3) is 0 Å². The quantitative estimate of drug-likeness (QED) is 0.768. The van der Waals surface area contributed by atoms with Crippen LogP contribution in [0.15, 0.2) is 24.3 Å². The summed E-state index contributed by atoms with van der Waals surface area (Å²) in [6, 6.07) is 7.48. The molecule has 0 fully saturated rings. The molecule has 3 N–H and O–H groups in total. The van der Waals surface area contributed by atoms with Crippen LogP contribution in [-0.4, -0.2) is 19.1 Å². The number of benzene rings is 1. The van der Waals surface area contributed by atoms with Crippen molar-refractivity contribution in [1.29, 1.82) is 0 Å². The molecule has 0 radical (unpaired) electrons. The Morgan fingerprint density at radius 1 is 1.35 bits per heavy atom. The monoisotopic (exact) mass is 278 g/mol. The normalized spacial score (nSPS) is 12.2. The molecule has 1 aromatic rings. The number of ether oxygens (including phenoxy) is 1. The van der Waals surface area contributed by atoms with Gasteiger partial charge in [0.05, 0.1) is 12.3 Å². The third-order valence-electron chi connectivity index (χ3n) is 3.07. The predicted molar refractivity (Wildman–Crippen MR) is 82.9 cm³/mol. The summed E-state index contributed by atoms with van der Waals surface area (Å²) in [5, 5.41) is 2.91. The topological polar surface area (TPSA) is 64.3 Å². The van der Waals surface area contributed by atoms with Gasteiger partial charge in [-0.3, -0.25) is 4.79 Å². The lowest BCUT2D eigenvalue weighted by Crippen LogP contribution is -2.23. The molecule has 4 nitrogen and oxygen atoms in total. The Balaban J connectivity index is 2.61. The molecular formula is C16H26N2O2. The predicted octanol–water partition coefficient (Wildman–Crippen LogP) is 3.03. The van der Waals surface area contributed by atoms with Gasteiger partial charge in [-0.1, -0.05) is 26.0 Å². The summed E-state index contributed by atoms with van der Waals surface area (Å²) in [6.07, 6.45) is 1.42. The highest BCUT2D eigenvalue weighted by atomic mass is 16.5. The van der Waals surface area contributed by atoms with Crippen LogP contribution in [0.1, 0.15) is 33.6 Å². The molecule has 0 aliphatic heterocycles. The molecule has 20 heavy (non-hydrogen) atoms. The summed E-state index contributed by atoms with van der Waals surface area (Å²) >= 11 is 0. The summed E-state index contributed by atoms with van der Waals surface area (Å²) in [5.74, 6) is 1.48. The maximum atomic E-state index is 12.1. The maximum Gasteiger partial charge on any atom is 0.224 e. The fourth-order valence-corrected chi connectivity index (χ4v) is 2.24.